The molecule has 0 saturated carbocycles. The van der Waals surface area contributed by atoms with Gasteiger partial charge in [-0.2, -0.15) is 10.2 Å². The van der Waals surface area contributed by atoms with E-state index in [0.717, 1.165) is 28.6 Å². The lowest BCUT2D eigenvalue weighted by molar-refractivity contribution is 0.340. The van der Waals surface area contributed by atoms with Crippen molar-refractivity contribution in [2.24, 2.45) is 7.05 Å². The first kappa shape index (κ1) is 14.5. The first-order valence-corrected chi connectivity index (χ1v) is 7.42. The Morgan fingerprint density at radius 1 is 1.27 bits per heavy atom. The van der Waals surface area contributed by atoms with Gasteiger partial charge in [-0.25, -0.2) is 0 Å². The van der Waals surface area contributed by atoms with E-state index in [1.165, 1.54) is 0 Å². The molecule has 0 amide bonds. The van der Waals surface area contributed by atoms with Gasteiger partial charge in [0.15, 0.2) is 10.6 Å². The van der Waals surface area contributed by atoms with E-state index in [-0.39, 0.29) is 0 Å². The van der Waals surface area contributed by atoms with Gasteiger partial charge >= 0.3 is 0 Å². The molecule has 0 unspecified atom stereocenters. The van der Waals surface area contributed by atoms with E-state index in [9.17, 15) is 0 Å². The molecule has 3 aromatic rings. The molecule has 114 valence electrons. The van der Waals surface area contributed by atoms with Crippen LogP contribution < -0.4 is 4.74 Å². The summed E-state index contributed by atoms with van der Waals surface area (Å²) in [6.07, 6.45) is 0. The van der Waals surface area contributed by atoms with E-state index in [4.69, 9.17) is 17.0 Å². The highest BCUT2D eigenvalue weighted by Gasteiger charge is 2.15. The zero-order valence-corrected chi connectivity index (χ0v) is 13.5. The SMILES string of the molecule is CCOc1ccc(-n2c(-c3cc(C)nn3C)n[nH]c2=S)cc1. The van der Waals surface area contributed by atoms with E-state index in [1.54, 1.807) is 4.68 Å². The van der Waals surface area contributed by atoms with Gasteiger partial charge in [0.2, 0.25) is 0 Å². The lowest BCUT2D eigenvalue weighted by atomic mass is 10.3. The summed E-state index contributed by atoms with van der Waals surface area (Å²) in [5.74, 6) is 1.57. The number of nitrogens with one attached hydrogen (secondary N) is 1. The minimum Gasteiger partial charge on any atom is -0.494 e. The zero-order valence-electron chi connectivity index (χ0n) is 12.7. The van der Waals surface area contributed by atoms with Crippen LogP contribution in [0.3, 0.4) is 0 Å². The van der Waals surface area contributed by atoms with Crippen LogP contribution in [0.15, 0.2) is 30.3 Å². The maximum Gasteiger partial charge on any atom is 0.200 e. The van der Waals surface area contributed by atoms with Gasteiger partial charge in [-0.3, -0.25) is 14.3 Å². The standard InChI is InChI=1S/C15H17N5OS/c1-4-21-12-7-5-11(6-8-12)20-14(16-17-15(20)22)13-9-10(2)18-19(13)3/h5-9H,4H2,1-3H3,(H,17,22). The number of H-pyrrole nitrogens is 1. The molecular formula is C15H17N5OS. The number of nitrogens with zero attached hydrogens (tertiary/aromatic N) is 4. The first-order valence-electron chi connectivity index (χ1n) is 7.02. The second kappa shape index (κ2) is 5.76. The lowest BCUT2D eigenvalue weighted by Crippen LogP contribution is -2.02. The maximum absolute atomic E-state index is 5.47. The summed E-state index contributed by atoms with van der Waals surface area (Å²) in [5, 5.41) is 11.6. The molecule has 0 aliphatic heterocycles. The Labute approximate surface area is 133 Å². The zero-order chi connectivity index (χ0) is 15.7. The van der Waals surface area contributed by atoms with E-state index in [0.29, 0.717) is 11.4 Å². The third-order valence-corrected chi connectivity index (χ3v) is 3.58. The average Bonchev–Trinajstić information content (AvgIpc) is 3.02. The fourth-order valence-electron chi connectivity index (χ4n) is 2.39. The van der Waals surface area contributed by atoms with Gasteiger partial charge in [0.05, 0.1) is 18.0 Å². The minimum absolute atomic E-state index is 0.540. The fraction of sp³-hybridized carbons (Fsp3) is 0.267. The van der Waals surface area contributed by atoms with Gasteiger partial charge in [0, 0.05) is 7.05 Å². The summed E-state index contributed by atoms with van der Waals surface area (Å²) in [4.78, 5) is 0. The van der Waals surface area contributed by atoms with Crippen molar-refractivity contribution in [1.82, 2.24) is 24.5 Å². The quantitative estimate of drug-likeness (QED) is 0.752. The number of aromatic nitrogens is 5. The lowest BCUT2D eigenvalue weighted by Gasteiger charge is -2.08. The molecule has 0 fully saturated rings. The highest BCUT2D eigenvalue weighted by molar-refractivity contribution is 7.71. The van der Waals surface area contributed by atoms with Crippen molar-refractivity contribution in [1.29, 1.82) is 0 Å². The number of aryl methyl sites for hydroxylation is 2. The summed E-state index contributed by atoms with van der Waals surface area (Å²) >= 11 is 5.37. The third-order valence-electron chi connectivity index (χ3n) is 3.31. The summed E-state index contributed by atoms with van der Waals surface area (Å²) in [6.45, 7) is 4.55. The average molecular weight is 315 g/mol. The van der Waals surface area contributed by atoms with Crippen LogP contribution in [0.4, 0.5) is 0 Å². The fourth-order valence-corrected chi connectivity index (χ4v) is 2.62. The van der Waals surface area contributed by atoms with E-state index >= 15 is 0 Å². The van der Waals surface area contributed by atoms with Crippen LogP contribution in [-0.2, 0) is 7.05 Å². The second-order valence-corrected chi connectivity index (χ2v) is 5.30. The molecule has 1 aromatic carbocycles. The number of aromatic amines is 1. The van der Waals surface area contributed by atoms with Crippen LogP contribution in [-0.4, -0.2) is 31.2 Å². The van der Waals surface area contributed by atoms with Crippen molar-refractivity contribution in [2.75, 3.05) is 6.61 Å². The van der Waals surface area contributed by atoms with Gasteiger partial charge in [-0.1, -0.05) is 0 Å². The molecule has 2 aromatic heterocycles. The normalized spacial score (nSPS) is 10.9. The molecule has 6 nitrogen and oxygen atoms in total. The number of benzene rings is 1. The largest absolute Gasteiger partial charge is 0.494 e. The van der Waals surface area contributed by atoms with Crippen LogP contribution in [0.1, 0.15) is 12.6 Å². The van der Waals surface area contributed by atoms with E-state index < -0.39 is 0 Å². The molecule has 1 N–H and O–H groups in total. The molecule has 7 heteroatoms. The first-order chi connectivity index (χ1) is 10.6. The van der Waals surface area contributed by atoms with Crippen LogP contribution in [0, 0.1) is 11.7 Å². The van der Waals surface area contributed by atoms with Gasteiger partial charge < -0.3 is 4.74 Å². The summed E-state index contributed by atoms with van der Waals surface area (Å²) < 4.78 is 9.70. The predicted octanol–water partition coefficient (Wildman–Crippen LogP) is 3.04. The van der Waals surface area contributed by atoms with Crippen molar-refractivity contribution in [3.63, 3.8) is 0 Å². The van der Waals surface area contributed by atoms with Gasteiger partial charge in [0.25, 0.3) is 0 Å². The molecule has 22 heavy (non-hydrogen) atoms. The topological polar surface area (TPSA) is 60.7 Å². The molecular weight excluding hydrogens is 298 g/mol. The third kappa shape index (κ3) is 2.55. The van der Waals surface area contributed by atoms with Gasteiger partial charge in [-0.15, -0.1) is 0 Å². The van der Waals surface area contributed by atoms with E-state index in [2.05, 4.69) is 15.3 Å². The van der Waals surface area contributed by atoms with Crippen molar-refractivity contribution in [3.8, 4) is 23.0 Å². The monoisotopic (exact) mass is 315 g/mol. The predicted molar refractivity (Wildman–Crippen MR) is 86.9 cm³/mol. The number of ether oxygens (including phenoxy) is 1. The number of hydrogen-bond donors (Lipinski definition) is 1. The Kier molecular flexibility index (Phi) is 3.81. The van der Waals surface area contributed by atoms with Gasteiger partial charge in [-0.05, 0) is 56.4 Å². The molecule has 0 aliphatic rings. The Balaban J connectivity index is 2.10. The summed E-state index contributed by atoms with van der Waals surface area (Å²) in [5.41, 5.74) is 2.76. The van der Waals surface area contributed by atoms with Crippen LogP contribution >= 0.6 is 12.2 Å². The Hall–Kier alpha value is -2.41. The molecule has 0 bridgehead atoms. The molecule has 0 spiro atoms. The second-order valence-electron chi connectivity index (χ2n) is 4.91. The Morgan fingerprint density at radius 2 is 2.00 bits per heavy atom. The van der Waals surface area contributed by atoms with Gasteiger partial charge in [0.1, 0.15) is 11.4 Å². The summed E-state index contributed by atoms with van der Waals surface area (Å²) in [7, 11) is 1.89. The van der Waals surface area contributed by atoms with Crippen LogP contribution in [0.2, 0.25) is 0 Å². The number of hydrogen-bond acceptors (Lipinski definition) is 4. The van der Waals surface area contributed by atoms with Crippen molar-refractivity contribution in [2.45, 2.75) is 13.8 Å². The Morgan fingerprint density at radius 3 is 2.59 bits per heavy atom. The minimum atomic E-state index is 0.540. The molecule has 2 heterocycles. The maximum atomic E-state index is 5.47. The van der Waals surface area contributed by atoms with E-state index in [1.807, 2.05) is 55.8 Å². The molecule has 3 rings (SSSR count). The highest BCUT2D eigenvalue weighted by atomic mass is 32.1. The van der Waals surface area contributed by atoms with Crippen LogP contribution in [0.25, 0.3) is 17.2 Å². The molecule has 0 aliphatic carbocycles. The van der Waals surface area contributed by atoms with Crippen LogP contribution in [0.5, 0.6) is 5.75 Å². The van der Waals surface area contributed by atoms with Crippen molar-refractivity contribution in [3.05, 3.63) is 40.8 Å². The smallest absolute Gasteiger partial charge is 0.200 e. The molecule has 0 atom stereocenters. The molecule has 0 saturated heterocycles. The molecule has 0 radical (unpaired) electrons. The van der Waals surface area contributed by atoms with Crippen molar-refractivity contribution < 1.29 is 4.74 Å². The summed E-state index contributed by atoms with van der Waals surface area (Å²) in [6, 6.07) is 9.75. The van der Waals surface area contributed by atoms with Crippen molar-refractivity contribution >= 4 is 12.2 Å². The number of rotatable bonds is 4. The Bertz CT molecular complexity index is 844. The highest BCUT2D eigenvalue weighted by Crippen LogP contribution is 2.23.